The number of hydrogen-bond acceptors (Lipinski definition) is 4. The van der Waals surface area contributed by atoms with E-state index in [9.17, 15) is 4.79 Å². The van der Waals surface area contributed by atoms with E-state index in [-0.39, 0.29) is 5.57 Å². The monoisotopic (exact) mass is 326 g/mol. The SMILES string of the molecule is Cc1ccc(N/C=C(/C#N)C(=O)Nc2cccc(Cl)c2C)cn1. The summed E-state index contributed by atoms with van der Waals surface area (Å²) in [7, 11) is 0. The lowest BCUT2D eigenvalue weighted by molar-refractivity contribution is -0.112. The second-order valence-corrected chi connectivity index (χ2v) is 5.28. The molecule has 0 aliphatic rings. The molecule has 0 atom stereocenters. The summed E-state index contributed by atoms with van der Waals surface area (Å²) in [5.74, 6) is -0.509. The van der Waals surface area contributed by atoms with Gasteiger partial charge in [-0.2, -0.15) is 5.26 Å². The summed E-state index contributed by atoms with van der Waals surface area (Å²) < 4.78 is 0. The van der Waals surface area contributed by atoms with E-state index >= 15 is 0 Å². The molecule has 1 aromatic heterocycles. The molecule has 0 spiro atoms. The standard InChI is InChI=1S/C17H15ClN4O/c1-11-6-7-14(10-20-11)21-9-13(8-19)17(23)22-16-5-3-4-15(18)12(16)2/h3-7,9-10,21H,1-2H3,(H,22,23)/b13-9-. The first kappa shape index (κ1) is 16.5. The summed E-state index contributed by atoms with van der Waals surface area (Å²) in [6, 6.07) is 10.7. The molecule has 0 unspecified atom stereocenters. The molecule has 2 N–H and O–H groups in total. The summed E-state index contributed by atoms with van der Waals surface area (Å²) in [4.78, 5) is 16.3. The van der Waals surface area contributed by atoms with Crippen molar-refractivity contribution in [2.75, 3.05) is 10.6 Å². The Morgan fingerprint density at radius 1 is 1.30 bits per heavy atom. The Labute approximate surface area is 139 Å². The molecule has 6 heteroatoms. The van der Waals surface area contributed by atoms with Gasteiger partial charge in [-0.05, 0) is 43.7 Å². The number of amides is 1. The number of aromatic nitrogens is 1. The van der Waals surface area contributed by atoms with Gasteiger partial charge in [0.25, 0.3) is 5.91 Å². The molecule has 1 aromatic carbocycles. The van der Waals surface area contributed by atoms with Crippen molar-refractivity contribution in [1.29, 1.82) is 5.26 Å². The predicted molar refractivity (Wildman–Crippen MR) is 91.1 cm³/mol. The fourth-order valence-corrected chi connectivity index (χ4v) is 1.96. The topological polar surface area (TPSA) is 77.8 Å². The summed E-state index contributed by atoms with van der Waals surface area (Å²) in [6.07, 6.45) is 2.97. The van der Waals surface area contributed by atoms with Crippen molar-refractivity contribution in [3.63, 3.8) is 0 Å². The Bertz CT molecular complexity index is 791. The Morgan fingerprint density at radius 2 is 2.09 bits per heavy atom. The van der Waals surface area contributed by atoms with Gasteiger partial charge in [0.05, 0.1) is 11.9 Å². The van der Waals surface area contributed by atoms with Crippen LogP contribution in [0.3, 0.4) is 0 Å². The molecule has 2 rings (SSSR count). The number of anilines is 2. The number of nitrogens with zero attached hydrogens (tertiary/aromatic N) is 2. The number of pyridine rings is 1. The summed E-state index contributed by atoms with van der Waals surface area (Å²) in [5, 5.41) is 15.3. The van der Waals surface area contributed by atoms with E-state index in [0.717, 1.165) is 11.3 Å². The third-order valence-electron chi connectivity index (χ3n) is 3.18. The molecule has 0 fully saturated rings. The average Bonchev–Trinajstić information content (AvgIpc) is 2.54. The molecule has 116 valence electrons. The van der Waals surface area contributed by atoms with E-state index in [0.29, 0.717) is 16.4 Å². The first-order valence-electron chi connectivity index (χ1n) is 6.87. The minimum absolute atomic E-state index is 0.0510. The lowest BCUT2D eigenvalue weighted by Gasteiger charge is -2.09. The highest BCUT2D eigenvalue weighted by Gasteiger charge is 2.11. The van der Waals surface area contributed by atoms with E-state index in [2.05, 4.69) is 15.6 Å². The number of halogens is 1. The zero-order valence-corrected chi connectivity index (χ0v) is 13.5. The van der Waals surface area contributed by atoms with Crippen LogP contribution in [-0.2, 0) is 4.79 Å². The van der Waals surface area contributed by atoms with Gasteiger partial charge in [0.1, 0.15) is 11.6 Å². The van der Waals surface area contributed by atoms with Crippen LogP contribution >= 0.6 is 11.6 Å². The molecular weight excluding hydrogens is 312 g/mol. The predicted octanol–water partition coefficient (Wildman–Crippen LogP) is 3.81. The molecule has 0 radical (unpaired) electrons. The second kappa shape index (κ2) is 7.43. The van der Waals surface area contributed by atoms with Crippen LogP contribution in [0.15, 0.2) is 48.3 Å². The highest BCUT2D eigenvalue weighted by atomic mass is 35.5. The Morgan fingerprint density at radius 3 is 2.74 bits per heavy atom. The molecule has 5 nitrogen and oxygen atoms in total. The number of benzene rings is 1. The van der Waals surface area contributed by atoms with Crippen molar-refractivity contribution >= 4 is 28.9 Å². The first-order chi connectivity index (χ1) is 11.0. The molecule has 0 saturated carbocycles. The number of hydrogen-bond donors (Lipinski definition) is 2. The lowest BCUT2D eigenvalue weighted by Crippen LogP contribution is -2.15. The number of nitriles is 1. The van der Waals surface area contributed by atoms with Gasteiger partial charge in [0, 0.05) is 22.6 Å². The second-order valence-electron chi connectivity index (χ2n) is 4.87. The first-order valence-corrected chi connectivity index (χ1v) is 7.25. The molecule has 0 aliphatic carbocycles. The van der Waals surface area contributed by atoms with Gasteiger partial charge in [-0.3, -0.25) is 9.78 Å². The van der Waals surface area contributed by atoms with Crippen molar-refractivity contribution in [1.82, 2.24) is 4.98 Å². The highest BCUT2D eigenvalue weighted by Crippen LogP contribution is 2.23. The van der Waals surface area contributed by atoms with E-state index in [1.165, 1.54) is 6.20 Å². The van der Waals surface area contributed by atoms with Crippen molar-refractivity contribution < 1.29 is 4.79 Å². The van der Waals surface area contributed by atoms with Crippen LogP contribution in [0.2, 0.25) is 5.02 Å². The van der Waals surface area contributed by atoms with E-state index in [4.69, 9.17) is 16.9 Å². The van der Waals surface area contributed by atoms with Gasteiger partial charge in [0.15, 0.2) is 0 Å². The summed E-state index contributed by atoms with van der Waals surface area (Å²) in [6.45, 7) is 3.67. The van der Waals surface area contributed by atoms with E-state index < -0.39 is 5.91 Å². The number of aryl methyl sites for hydroxylation is 1. The number of carbonyl (C=O) groups excluding carboxylic acids is 1. The minimum atomic E-state index is -0.509. The molecule has 1 heterocycles. The summed E-state index contributed by atoms with van der Waals surface area (Å²) in [5.41, 5.74) is 2.84. The number of rotatable bonds is 4. The smallest absolute Gasteiger partial charge is 0.267 e. The molecule has 0 aliphatic heterocycles. The van der Waals surface area contributed by atoms with Crippen molar-refractivity contribution in [2.24, 2.45) is 0 Å². The maximum absolute atomic E-state index is 12.2. The van der Waals surface area contributed by atoms with Crippen molar-refractivity contribution in [3.05, 3.63) is 64.6 Å². The molecule has 1 amide bonds. The van der Waals surface area contributed by atoms with Crippen LogP contribution in [0.25, 0.3) is 0 Å². The van der Waals surface area contributed by atoms with Crippen LogP contribution in [0.4, 0.5) is 11.4 Å². The van der Waals surface area contributed by atoms with E-state index in [1.54, 1.807) is 31.3 Å². The molecule has 2 aromatic rings. The normalized spacial score (nSPS) is 10.8. The van der Waals surface area contributed by atoms with Crippen molar-refractivity contribution in [3.8, 4) is 6.07 Å². The maximum Gasteiger partial charge on any atom is 0.267 e. The van der Waals surface area contributed by atoms with Gasteiger partial charge < -0.3 is 10.6 Å². The molecule has 0 saturated heterocycles. The van der Waals surface area contributed by atoms with Crippen LogP contribution in [0.5, 0.6) is 0 Å². The lowest BCUT2D eigenvalue weighted by atomic mass is 10.2. The Balaban J connectivity index is 2.12. The van der Waals surface area contributed by atoms with Crippen molar-refractivity contribution in [2.45, 2.75) is 13.8 Å². The third kappa shape index (κ3) is 4.31. The molecular formula is C17H15ClN4O. The van der Waals surface area contributed by atoms with Gasteiger partial charge in [-0.25, -0.2) is 0 Å². The quantitative estimate of drug-likeness (QED) is 0.661. The highest BCUT2D eigenvalue weighted by molar-refractivity contribution is 6.31. The average molecular weight is 327 g/mol. The third-order valence-corrected chi connectivity index (χ3v) is 3.58. The van der Waals surface area contributed by atoms with Crippen LogP contribution < -0.4 is 10.6 Å². The van der Waals surface area contributed by atoms with Gasteiger partial charge in [-0.15, -0.1) is 0 Å². The van der Waals surface area contributed by atoms with E-state index in [1.807, 2.05) is 25.1 Å². The van der Waals surface area contributed by atoms with Gasteiger partial charge >= 0.3 is 0 Å². The summed E-state index contributed by atoms with van der Waals surface area (Å²) >= 11 is 6.01. The fourth-order valence-electron chi connectivity index (χ4n) is 1.79. The van der Waals surface area contributed by atoms with Gasteiger partial charge in [0.2, 0.25) is 0 Å². The van der Waals surface area contributed by atoms with Gasteiger partial charge in [-0.1, -0.05) is 17.7 Å². The zero-order valence-electron chi connectivity index (χ0n) is 12.7. The largest absolute Gasteiger partial charge is 0.359 e. The zero-order chi connectivity index (χ0) is 16.8. The number of nitrogens with one attached hydrogen (secondary N) is 2. The molecule has 0 bridgehead atoms. The van der Waals surface area contributed by atoms with Crippen LogP contribution in [0.1, 0.15) is 11.3 Å². The minimum Gasteiger partial charge on any atom is -0.359 e. The van der Waals surface area contributed by atoms with Crippen LogP contribution in [0, 0.1) is 25.2 Å². The Kier molecular flexibility index (Phi) is 5.34. The number of carbonyl (C=O) groups is 1. The fraction of sp³-hybridized carbons (Fsp3) is 0.118. The van der Waals surface area contributed by atoms with Crippen LogP contribution in [-0.4, -0.2) is 10.9 Å². The Hall–Kier alpha value is -2.84. The molecule has 23 heavy (non-hydrogen) atoms. The maximum atomic E-state index is 12.2.